The summed E-state index contributed by atoms with van der Waals surface area (Å²) in [4.78, 5) is 11.3. The summed E-state index contributed by atoms with van der Waals surface area (Å²) in [6.07, 6.45) is 3.37. The molecule has 0 aliphatic carbocycles. The van der Waals surface area contributed by atoms with Crippen LogP contribution < -0.4 is 11.1 Å². The molecule has 0 aliphatic heterocycles. The van der Waals surface area contributed by atoms with E-state index in [4.69, 9.17) is 5.73 Å². The van der Waals surface area contributed by atoms with E-state index in [2.05, 4.69) is 28.2 Å². The Morgan fingerprint density at radius 1 is 1.39 bits per heavy atom. The number of hydrogen-bond donors (Lipinski definition) is 2. The average Bonchev–Trinajstić information content (AvgIpc) is 2.68. The number of aromatic nitrogens is 1. The molecule has 0 bridgehead atoms. The highest BCUT2D eigenvalue weighted by Crippen LogP contribution is 2.20. The van der Waals surface area contributed by atoms with E-state index >= 15 is 0 Å². The van der Waals surface area contributed by atoms with Gasteiger partial charge in [0.05, 0.1) is 0 Å². The predicted octanol–water partition coefficient (Wildman–Crippen LogP) is 1.19. The minimum absolute atomic E-state index is 0.0257. The Morgan fingerprint density at radius 3 is 2.94 bits per heavy atom. The second-order valence-corrected chi connectivity index (χ2v) is 4.42. The number of amides is 1. The molecule has 0 radical (unpaired) electrons. The van der Waals surface area contributed by atoms with Crippen molar-refractivity contribution in [2.24, 2.45) is 12.8 Å². The van der Waals surface area contributed by atoms with Crippen molar-refractivity contribution in [2.75, 3.05) is 13.1 Å². The lowest BCUT2D eigenvalue weighted by molar-refractivity contribution is -0.120. The molecule has 96 valence electrons. The standard InChI is InChI=1S/C14H19N3O/c1-17-10-11(7-9-16-14(18)6-8-15)12-4-2-3-5-13(12)17/h2-5,10H,6-9,15H2,1H3,(H,16,18). The summed E-state index contributed by atoms with van der Waals surface area (Å²) in [7, 11) is 2.04. The number of aryl methyl sites for hydroxylation is 1. The Balaban J connectivity index is 2.02. The van der Waals surface area contributed by atoms with Gasteiger partial charge in [-0.15, -0.1) is 0 Å². The number of carbonyl (C=O) groups is 1. The number of rotatable bonds is 5. The SMILES string of the molecule is Cn1cc(CCNC(=O)CCN)c2ccccc21. The molecule has 4 heteroatoms. The maximum atomic E-state index is 11.3. The molecule has 2 aromatic rings. The van der Waals surface area contributed by atoms with Gasteiger partial charge in [-0.25, -0.2) is 0 Å². The second kappa shape index (κ2) is 5.69. The van der Waals surface area contributed by atoms with E-state index in [0.29, 0.717) is 19.5 Å². The van der Waals surface area contributed by atoms with Crippen molar-refractivity contribution in [3.8, 4) is 0 Å². The molecular weight excluding hydrogens is 226 g/mol. The van der Waals surface area contributed by atoms with E-state index in [1.807, 2.05) is 19.2 Å². The summed E-state index contributed by atoms with van der Waals surface area (Å²) in [6.45, 7) is 1.06. The van der Waals surface area contributed by atoms with Crippen molar-refractivity contribution >= 4 is 16.8 Å². The first-order chi connectivity index (χ1) is 8.72. The van der Waals surface area contributed by atoms with Crippen molar-refractivity contribution in [3.05, 3.63) is 36.0 Å². The molecule has 2 rings (SSSR count). The van der Waals surface area contributed by atoms with Crippen LogP contribution in [0, 0.1) is 0 Å². The lowest BCUT2D eigenvalue weighted by atomic mass is 10.1. The van der Waals surface area contributed by atoms with Gasteiger partial charge in [0.15, 0.2) is 0 Å². The van der Waals surface area contributed by atoms with Crippen molar-refractivity contribution in [1.29, 1.82) is 0 Å². The molecule has 3 N–H and O–H groups in total. The number of nitrogens with zero attached hydrogens (tertiary/aromatic N) is 1. The number of benzene rings is 1. The highest BCUT2D eigenvalue weighted by atomic mass is 16.1. The monoisotopic (exact) mass is 245 g/mol. The highest BCUT2D eigenvalue weighted by Gasteiger charge is 2.06. The topological polar surface area (TPSA) is 60.0 Å². The van der Waals surface area contributed by atoms with Gasteiger partial charge in [-0.3, -0.25) is 4.79 Å². The maximum absolute atomic E-state index is 11.3. The molecule has 1 amide bonds. The summed E-state index contributed by atoms with van der Waals surface area (Å²) in [5.74, 6) is 0.0257. The Morgan fingerprint density at radius 2 is 2.17 bits per heavy atom. The molecule has 1 aromatic heterocycles. The van der Waals surface area contributed by atoms with Gasteiger partial charge in [-0.1, -0.05) is 18.2 Å². The Bertz CT molecular complexity index is 545. The van der Waals surface area contributed by atoms with Crippen LogP contribution in [0.5, 0.6) is 0 Å². The van der Waals surface area contributed by atoms with Crippen LogP contribution >= 0.6 is 0 Å². The Hall–Kier alpha value is -1.81. The molecule has 1 heterocycles. The number of nitrogens with two attached hydrogens (primary N) is 1. The maximum Gasteiger partial charge on any atom is 0.221 e. The van der Waals surface area contributed by atoms with E-state index in [-0.39, 0.29) is 5.91 Å². The van der Waals surface area contributed by atoms with Crippen LogP contribution in [0.15, 0.2) is 30.5 Å². The van der Waals surface area contributed by atoms with Crippen molar-refractivity contribution in [3.63, 3.8) is 0 Å². The average molecular weight is 245 g/mol. The van der Waals surface area contributed by atoms with Crippen LogP contribution in [0.3, 0.4) is 0 Å². The molecule has 0 saturated heterocycles. The fourth-order valence-electron chi connectivity index (χ4n) is 2.18. The fourth-order valence-corrected chi connectivity index (χ4v) is 2.18. The van der Waals surface area contributed by atoms with Gasteiger partial charge in [0, 0.05) is 43.7 Å². The third kappa shape index (κ3) is 2.71. The molecule has 0 spiro atoms. The van der Waals surface area contributed by atoms with E-state index in [9.17, 15) is 4.79 Å². The van der Waals surface area contributed by atoms with Crippen LogP contribution in [-0.2, 0) is 18.3 Å². The van der Waals surface area contributed by atoms with Crippen LogP contribution in [0.2, 0.25) is 0 Å². The minimum atomic E-state index is 0.0257. The van der Waals surface area contributed by atoms with E-state index in [1.54, 1.807) is 0 Å². The normalized spacial score (nSPS) is 10.8. The Labute approximate surface area is 107 Å². The molecular formula is C14H19N3O. The quantitative estimate of drug-likeness (QED) is 0.831. The first-order valence-corrected chi connectivity index (χ1v) is 6.22. The number of para-hydroxylation sites is 1. The molecule has 4 nitrogen and oxygen atoms in total. The summed E-state index contributed by atoms with van der Waals surface area (Å²) in [5.41, 5.74) is 7.81. The second-order valence-electron chi connectivity index (χ2n) is 4.42. The molecule has 0 atom stereocenters. The van der Waals surface area contributed by atoms with Gasteiger partial charge in [-0.05, 0) is 18.1 Å². The first-order valence-electron chi connectivity index (χ1n) is 6.22. The number of carbonyl (C=O) groups excluding carboxylic acids is 1. The predicted molar refractivity (Wildman–Crippen MR) is 73.3 cm³/mol. The molecule has 0 saturated carbocycles. The number of fused-ring (bicyclic) bond motifs is 1. The summed E-state index contributed by atoms with van der Waals surface area (Å²) < 4.78 is 2.12. The number of hydrogen-bond acceptors (Lipinski definition) is 2. The summed E-state index contributed by atoms with van der Waals surface area (Å²) in [5, 5.41) is 4.14. The molecule has 18 heavy (non-hydrogen) atoms. The van der Waals surface area contributed by atoms with E-state index in [0.717, 1.165) is 6.42 Å². The van der Waals surface area contributed by atoms with E-state index in [1.165, 1.54) is 16.5 Å². The molecule has 0 fully saturated rings. The lowest BCUT2D eigenvalue weighted by Crippen LogP contribution is -2.27. The minimum Gasteiger partial charge on any atom is -0.356 e. The van der Waals surface area contributed by atoms with Crippen LogP contribution in [-0.4, -0.2) is 23.6 Å². The van der Waals surface area contributed by atoms with Crippen molar-refractivity contribution in [1.82, 2.24) is 9.88 Å². The third-order valence-corrected chi connectivity index (χ3v) is 3.07. The zero-order valence-electron chi connectivity index (χ0n) is 10.6. The van der Waals surface area contributed by atoms with Gasteiger partial charge in [0.2, 0.25) is 5.91 Å². The van der Waals surface area contributed by atoms with Gasteiger partial charge >= 0.3 is 0 Å². The molecule has 0 unspecified atom stereocenters. The third-order valence-electron chi connectivity index (χ3n) is 3.07. The van der Waals surface area contributed by atoms with Crippen LogP contribution in [0.25, 0.3) is 10.9 Å². The van der Waals surface area contributed by atoms with Crippen molar-refractivity contribution in [2.45, 2.75) is 12.8 Å². The van der Waals surface area contributed by atoms with Crippen LogP contribution in [0.4, 0.5) is 0 Å². The summed E-state index contributed by atoms with van der Waals surface area (Å²) in [6, 6.07) is 8.30. The van der Waals surface area contributed by atoms with Gasteiger partial charge in [0.25, 0.3) is 0 Å². The van der Waals surface area contributed by atoms with Crippen LogP contribution in [0.1, 0.15) is 12.0 Å². The molecule has 1 aromatic carbocycles. The highest BCUT2D eigenvalue weighted by molar-refractivity contribution is 5.84. The number of nitrogens with one attached hydrogen (secondary N) is 1. The van der Waals surface area contributed by atoms with E-state index < -0.39 is 0 Å². The zero-order valence-corrected chi connectivity index (χ0v) is 10.6. The zero-order chi connectivity index (χ0) is 13.0. The smallest absolute Gasteiger partial charge is 0.221 e. The summed E-state index contributed by atoms with van der Waals surface area (Å²) >= 11 is 0. The van der Waals surface area contributed by atoms with Gasteiger partial charge in [0.1, 0.15) is 0 Å². The first kappa shape index (κ1) is 12.6. The lowest BCUT2D eigenvalue weighted by Gasteiger charge is -2.03. The Kier molecular flexibility index (Phi) is 3.99. The van der Waals surface area contributed by atoms with Gasteiger partial charge in [-0.2, -0.15) is 0 Å². The largest absolute Gasteiger partial charge is 0.356 e. The van der Waals surface area contributed by atoms with Crippen molar-refractivity contribution < 1.29 is 4.79 Å². The molecule has 0 aliphatic rings. The fraction of sp³-hybridized carbons (Fsp3) is 0.357. The van der Waals surface area contributed by atoms with Gasteiger partial charge < -0.3 is 15.6 Å².